The third kappa shape index (κ3) is 2.88. The normalized spacial score (nSPS) is 16.0. The van der Waals surface area contributed by atoms with E-state index < -0.39 is 0 Å². The van der Waals surface area contributed by atoms with Crippen molar-refractivity contribution in [3.8, 4) is 0 Å². The average molecular weight is 296 g/mol. The van der Waals surface area contributed by atoms with Crippen molar-refractivity contribution in [3.63, 3.8) is 0 Å². The van der Waals surface area contributed by atoms with Gasteiger partial charge in [-0.25, -0.2) is 0 Å². The van der Waals surface area contributed by atoms with Crippen LogP contribution in [0.25, 0.3) is 0 Å². The van der Waals surface area contributed by atoms with E-state index in [9.17, 15) is 9.59 Å². The second-order valence-electron chi connectivity index (χ2n) is 4.88. The molecule has 1 aliphatic rings. The zero-order valence-electron chi connectivity index (χ0n) is 11.4. The highest BCUT2D eigenvalue weighted by atomic mass is 35.5. The number of hydrogen-bond donors (Lipinski definition) is 2. The predicted octanol–water partition coefficient (Wildman–Crippen LogP) is 1.52. The van der Waals surface area contributed by atoms with Gasteiger partial charge in [0.25, 0.3) is 5.91 Å². The molecule has 6 heteroatoms. The molecule has 108 valence electrons. The zero-order valence-corrected chi connectivity index (χ0v) is 12.1. The summed E-state index contributed by atoms with van der Waals surface area (Å²) < 4.78 is 0. The summed E-state index contributed by atoms with van der Waals surface area (Å²) in [5.74, 6) is -0.148. The minimum atomic E-state index is -0.163. The second kappa shape index (κ2) is 6.13. The summed E-state index contributed by atoms with van der Waals surface area (Å²) in [6.07, 6.45) is 1.32. The summed E-state index contributed by atoms with van der Waals surface area (Å²) in [6.45, 7) is 1.09. The van der Waals surface area contributed by atoms with Gasteiger partial charge < -0.3 is 16.0 Å². The fourth-order valence-corrected chi connectivity index (χ4v) is 2.74. The Morgan fingerprint density at radius 2 is 2.00 bits per heavy atom. The Morgan fingerprint density at radius 3 is 2.55 bits per heavy atom. The molecule has 1 aromatic carbocycles. The Kier molecular flexibility index (Phi) is 4.49. The molecule has 1 heterocycles. The van der Waals surface area contributed by atoms with Crippen LogP contribution in [0.1, 0.15) is 23.2 Å². The number of nitrogens with zero attached hydrogens (tertiary/aromatic N) is 1. The van der Waals surface area contributed by atoms with Crippen molar-refractivity contribution in [2.75, 3.05) is 25.9 Å². The maximum absolute atomic E-state index is 12.4. The maximum atomic E-state index is 12.4. The van der Waals surface area contributed by atoms with E-state index in [0.717, 1.165) is 0 Å². The number of carbonyl (C=O) groups is 2. The Hall–Kier alpha value is -1.75. The number of nitrogen functional groups attached to an aromatic ring is 1. The van der Waals surface area contributed by atoms with Crippen LogP contribution in [0.15, 0.2) is 18.2 Å². The summed E-state index contributed by atoms with van der Waals surface area (Å²) in [5, 5.41) is 3.01. The lowest BCUT2D eigenvalue weighted by atomic mass is 9.95. The number of likely N-dealkylation sites (tertiary alicyclic amines) is 1. The van der Waals surface area contributed by atoms with Gasteiger partial charge in [-0.05, 0) is 25.0 Å². The van der Waals surface area contributed by atoms with Crippen molar-refractivity contribution in [3.05, 3.63) is 28.8 Å². The molecule has 0 unspecified atom stereocenters. The number of halogens is 1. The van der Waals surface area contributed by atoms with Crippen LogP contribution in [0.5, 0.6) is 0 Å². The van der Waals surface area contributed by atoms with Crippen LogP contribution in [-0.4, -0.2) is 36.9 Å². The van der Waals surface area contributed by atoms with Gasteiger partial charge in [-0.3, -0.25) is 9.59 Å². The highest BCUT2D eigenvalue weighted by molar-refractivity contribution is 6.34. The fourth-order valence-electron chi connectivity index (χ4n) is 2.47. The molecule has 0 aliphatic carbocycles. The summed E-state index contributed by atoms with van der Waals surface area (Å²) in [5.41, 5.74) is 6.57. The van der Waals surface area contributed by atoms with E-state index in [0.29, 0.717) is 42.2 Å². The lowest BCUT2D eigenvalue weighted by Gasteiger charge is -2.31. The first kappa shape index (κ1) is 14.7. The smallest absolute Gasteiger partial charge is 0.257 e. The minimum absolute atomic E-state index is 0.0207. The van der Waals surface area contributed by atoms with Crippen molar-refractivity contribution in [1.29, 1.82) is 0 Å². The van der Waals surface area contributed by atoms with Gasteiger partial charge in [0.2, 0.25) is 5.91 Å². The molecule has 0 atom stereocenters. The third-order valence-electron chi connectivity index (χ3n) is 3.66. The first-order chi connectivity index (χ1) is 9.54. The van der Waals surface area contributed by atoms with Gasteiger partial charge in [0.1, 0.15) is 0 Å². The lowest BCUT2D eigenvalue weighted by molar-refractivity contribution is -0.125. The molecule has 0 radical (unpaired) electrons. The molecular weight excluding hydrogens is 278 g/mol. The number of nitrogens with two attached hydrogens (primary N) is 1. The molecule has 3 N–H and O–H groups in total. The van der Waals surface area contributed by atoms with E-state index in [4.69, 9.17) is 17.3 Å². The van der Waals surface area contributed by atoms with Crippen molar-refractivity contribution in [2.45, 2.75) is 12.8 Å². The molecule has 1 fully saturated rings. The van der Waals surface area contributed by atoms with Crippen LogP contribution < -0.4 is 11.1 Å². The van der Waals surface area contributed by atoms with E-state index in [1.165, 1.54) is 0 Å². The molecule has 0 saturated carbocycles. The van der Waals surface area contributed by atoms with Gasteiger partial charge in [0, 0.05) is 31.7 Å². The molecule has 1 saturated heterocycles. The molecule has 0 spiro atoms. The van der Waals surface area contributed by atoms with E-state index in [1.807, 2.05) is 0 Å². The van der Waals surface area contributed by atoms with Gasteiger partial charge in [-0.15, -0.1) is 0 Å². The largest absolute Gasteiger partial charge is 0.398 e. The Balaban J connectivity index is 2.07. The quantitative estimate of drug-likeness (QED) is 0.812. The molecule has 1 aromatic rings. The van der Waals surface area contributed by atoms with Crippen molar-refractivity contribution >= 4 is 29.1 Å². The second-order valence-corrected chi connectivity index (χ2v) is 5.29. The summed E-state index contributed by atoms with van der Waals surface area (Å²) >= 11 is 6.05. The zero-order chi connectivity index (χ0) is 14.7. The first-order valence-corrected chi connectivity index (χ1v) is 6.97. The number of carbonyl (C=O) groups excluding carboxylic acids is 2. The summed E-state index contributed by atoms with van der Waals surface area (Å²) in [6, 6.07) is 5.03. The first-order valence-electron chi connectivity index (χ1n) is 6.59. The summed E-state index contributed by atoms with van der Waals surface area (Å²) in [7, 11) is 1.63. The van der Waals surface area contributed by atoms with E-state index in [-0.39, 0.29) is 17.7 Å². The van der Waals surface area contributed by atoms with E-state index in [1.54, 1.807) is 30.1 Å². The Labute approximate surface area is 123 Å². The third-order valence-corrected chi connectivity index (χ3v) is 3.97. The lowest BCUT2D eigenvalue weighted by Crippen LogP contribution is -2.42. The van der Waals surface area contributed by atoms with Crippen LogP contribution in [0, 0.1) is 5.92 Å². The van der Waals surface area contributed by atoms with Gasteiger partial charge in [0.05, 0.1) is 10.6 Å². The highest BCUT2D eigenvalue weighted by Gasteiger charge is 2.28. The van der Waals surface area contributed by atoms with Crippen molar-refractivity contribution in [2.24, 2.45) is 5.92 Å². The maximum Gasteiger partial charge on any atom is 0.257 e. The minimum Gasteiger partial charge on any atom is -0.398 e. The van der Waals surface area contributed by atoms with Crippen LogP contribution >= 0.6 is 11.6 Å². The number of benzene rings is 1. The van der Waals surface area contributed by atoms with E-state index >= 15 is 0 Å². The predicted molar refractivity (Wildman–Crippen MR) is 78.6 cm³/mol. The van der Waals surface area contributed by atoms with Gasteiger partial charge in [-0.1, -0.05) is 17.7 Å². The number of rotatable bonds is 2. The SMILES string of the molecule is CNC(=O)C1CCN(C(=O)c2c(N)cccc2Cl)CC1. The van der Waals surface area contributed by atoms with Gasteiger partial charge >= 0.3 is 0 Å². The van der Waals surface area contributed by atoms with Crippen LogP contribution in [0.3, 0.4) is 0 Å². The topological polar surface area (TPSA) is 75.4 Å². The number of amides is 2. The number of piperidine rings is 1. The standard InChI is InChI=1S/C14H18ClN3O2/c1-17-13(19)9-5-7-18(8-6-9)14(20)12-10(15)3-2-4-11(12)16/h2-4,9H,5-8,16H2,1H3,(H,17,19). The molecule has 2 amide bonds. The van der Waals surface area contributed by atoms with Crippen LogP contribution in [0.2, 0.25) is 5.02 Å². The average Bonchev–Trinajstić information content (AvgIpc) is 2.46. The summed E-state index contributed by atoms with van der Waals surface area (Å²) in [4.78, 5) is 25.7. The number of nitrogens with one attached hydrogen (secondary N) is 1. The van der Waals surface area contributed by atoms with Crippen molar-refractivity contribution < 1.29 is 9.59 Å². The van der Waals surface area contributed by atoms with Crippen LogP contribution in [-0.2, 0) is 4.79 Å². The van der Waals surface area contributed by atoms with E-state index in [2.05, 4.69) is 5.32 Å². The van der Waals surface area contributed by atoms with Crippen molar-refractivity contribution in [1.82, 2.24) is 10.2 Å². The Morgan fingerprint density at radius 1 is 1.35 bits per heavy atom. The molecule has 0 bridgehead atoms. The molecule has 5 nitrogen and oxygen atoms in total. The molecule has 1 aliphatic heterocycles. The molecule has 2 rings (SSSR count). The monoisotopic (exact) mass is 295 g/mol. The fraction of sp³-hybridized carbons (Fsp3) is 0.429. The molecule has 20 heavy (non-hydrogen) atoms. The van der Waals surface area contributed by atoms with Gasteiger partial charge in [-0.2, -0.15) is 0 Å². The number of anilines is 1. The van der Waals surface area contributed by atoms with Gasteiger partial charge in [0.15, 0.2) is 0 Å². The number of hydrogen-bond acceptors (Lipinski definition) is 3. The molecular formula is C14H18ClN3O2. The van der Waals surface area contributed by atoms with Crippen LogP contribution in [0.4, 0.5) is 5.69 Å². The Bertz CT molecular complexity index is 505. The molecule has 0 aromatic heterocycles. The highest BCUT2D eigenvalue weighted by Crippen LogP contribution is 2.26.